The summed E-state index contributed by atoms with van der Waals surface area (Å²) in [5.74, 6) is -0.675. The highest BCUT2D eigenvalue weighted by molar-refractivity contribution is 7.12. The second-order valence-corrected chi connectivity index (χ2v) is 8.11. The van der Waals surface area contributed by atoms with Crippen LogP contribution in [0.4, 0.5) is 19.1 Å². The van der Waals surface area contributed by atoms with E-state index in [0.29, 0.717) is 11.8 Å². The summed E-state index contributed by atoms with van der Waals surface area (Å²) < 4.78 is 31.7. The number of rotatable bonds is 3. The molecule has 2 aromatic rings. The van der Waals surface area contributed by atoms with Crippen molar-refractivity contribution in [3.63, 3.8) is 0 Å². The van der Waals surface area contributed by atoms with Gasteiger partial charge in [0.15, 0.2) is 0 Å². The lowest BCUT2D eigenvalue weighted by Gasteiger charge is -2.21. The van der Waals surface area contributed by atoms with E-state index >= 15 is 0 Å². The molecule has 4 heterocycles. The molecule has 0 spiro atoms. The van der Waals surface area contributed by atoms with Crippen LogP contribution in [0.5, 0.6) is 0 Å². The number of carbonyl (C=O) groups excluding carboxylic acids is 1. The van der Waals surface area contributed by atoms with Crippen LogP contribution in [0.15, 0.2) is 29.9 Å². The Hall–Kier alpha value is -2.69. The summed E-state index contributed by atoms with van der Waals surface area (Å²) in [5.41, 5.74) is 1.17. The van der Waals surface area contributed by atoms with E-state index in [-0.39, 0.29) is 5.91 Å². The molecule has 2 aromatic heterocycles. The molecule has 0 saturated carbocycles. The quantitative estimate of drug-likeness (QED) is 0.787. The molecule has 1 amide bonds. The van der Waals surface area contributed by atoms with Crippen LogP contribution in [0.2, 0.25) is 0 Å². The molecule has 4 rings (SSSR count). The number of carbonyl (C=O) groups is 2. The van der Waals surface area contributed by atoms with Crippen LogP contribution in [0.25, 0.3) is 0 Å². The number of nitrogens with zero attached hydrogens (tertiary/aromatic N) is 4. The maximum absolute atomic E-state index is 12.5. The lowest BCUT2D eigenvalue weighted by Crippen LogP contribution is -2.33. The van der Waals surface area contributed by atoms with E-state index in [1.807, 2.05) is 34.8 Å². The first-order chi connectivity index (χ1) is 14.2. The lowest BCUT2D eigenvalue weighted by atomic mass is 10.0. The van der Waals surface area contributed by atoms with Crippen LogP contribution in [0.3, 0.4) is 0 Å². The fourth-order valence-corrected chi connectivity index (χ4v) is 4.26. The van der Waals surface area contributed by atoms with Gasteiger partial charge in [-0.1, -0.05) is 13.0 Å². The second-order valence-electron chi connectivity index (χ2n) is 7.16. The summed E-state index contributed by atoms with van der Waals surface area (Å²) in [6.45, 7) is 5.71. The smallest absolute Gasteiger partial charge is 0.475 e. The van der Waals surface area contributed by atoms with Gasteiger partial charge in [-0.25, -0.2) is 14.8 Å². The Kier molecular flexibility index (Phi) is 6.59. The van der Waals surface area contributed by atoms with Crippen LogP contribution in [0, 0.1) is 11.8 Å². The van der Waals surface area contributed by atoms with Gasteiger partial charge in [0.1, 0.15) is 0 Å². The Balaban J connectivity index is 0.000000318. The molecule has 2 aliphatic heterocycles. The summed E-state index contributed by atoms with van der Waals surface area (Å²) in [6, 6.07) is 3.85. The standard InChI is InChI=1S/C17H20N4OS.C2HF3O2/c1-2-12-6-18-17(19-7-12)21-10-13-8-20(9-14(13)11-21)16(22)15-4-3-5-23-15;3-2(4,5)1(6)7/h3-7,13-14H,2,8-11H2,1H3;(H,6,7)/t13-,14+;. The first-order valence-corrected chi connectivity index (χ1v) is 10.3. The number of carboxylic acids is 1. The SMILES string of the molecule is CCc1cnc(N2C[C@H]3CN(C(=O)c4cccs4)C[C@H]3C2)nc1.O=C(O)C(F)(F)F. The molecule has 2 saturated heterocycles. The molecule has 0 radical (unpaired) electrons. The second kappa shape index (κ2) is 8.99. The average Bonchev–Trinajstić information content (AvgIpc) is 3.43. The number of aryl methyl sites for hydroxylation is 1. The molecule has 30 heavy (non-hydrogen) atoms. The van der Waals surface area contributed by atoms with Gasteiger partial charge in [-0.3, -0.25) is 4.79 Å². The number of carboxylic acid groups (broad SMARTS) is 1. The first kappa shape index (κ1) is 22.0. The third-order valence-electron chi connectivity index (χ3n) is 5.13. The van der Waals surface area contributed by atoms with Crippen molar-refractivity contribution in [1.29, 1.82) is 0 Å². The number of fused-ring (bicyclic) bond motifs is 1. The van der Waals surface area contributed by atoms with Gasteiger partial charge in [-0.05, 0) is 23.4 Å². The van der Waals surface area contributed by atoms with Crippen LogP contribution >= 0.6 is 11.3 Å². The number of hydrogen-bond acceptors (Lipinski definition) is 6. The largest absolute Gasteiger partial charge is 0.490 e. The fraction of sp³-hybridized carbons (Fsp3) is 0.474. The fourth-order valence-electron chi connectivity index (χ4n) is 3.57. The number of hydrogen-bond donors (Lipinski definition) is 1. The molecule has 0 bridgehead atoms. The summed E-state index contributed by atoms with van der Waals surface area (Å²) in [5, 5.41) is 9.09. The predicted octanol–water partition coefficient (Wildman–Crippen LogP) is 2.94. The van der Waals surface area contributed by atoms with Crippen molar-refractivity contribution in [3.8, 4) is 0 Å². The average molecular weight is 442 g/mol. The zero-order valence-corrected chi connectivity index (χ0v) is 17.0. The van der Waals surface area contributed by atoms with Gasteiger partial charge in [0.2, 0.25) is 5.95 Å². The van der Waals surface area contributed by atoms with Crippen LogP contribution in [-0.2, 0) is 11.2 Å². The Morgan fingerprint density at radius 2 is 1.73 bits per heavy atom. The molecular formula is C19H21F3N4O3S. The zero-order valence-electron chi connectivity index (χ0n) is 16.2. The van der Waals surface area contributed by atoms with Crippen LogP contribution in [0.1, 0.15) is 22.2 Å². The number of aromatic nitrogens is 2. The summed E-state index contributed by atoms with van der Waals surface area (Å²) in [4.78, 5) is 35.5. The first-order valence-electron chi connectivity index (χ1n) is 9.37. The molecule has 0 aromatic carbocycles. The van der Waals surface area contributed by atoms with Gasteiger partial charge in [0, 0.05) is 50.4 Å². The Morgan fingerprint density at radius 1 is 1.17 bits per heavy atom. The maximum atomic E-state index is 12.5. The zero-order chi connectivity index (χ0) is 21.9. The molecule has 2 aliphatic rings. The van der Waals surface area contributed by atoms with Crippen LogP contribution < -0.4 is 4.90 Å². The minimum Gasteiger partial charge on any atom is -0.475 e. The highest BCUT2D eigenvalue weighted by Crippen LogP contribution is 2.33. The van der Waals surface area contributed by atoms with Crippen molar-refractivity contribution in [2.24, 2.45) is 11.8 Å². The summed E-state index contributed by atoms with van der Waals surface area (Å²) in [7, 11) is 0. The van der Waals surface area contributed by atoms with Gasteiger partial charge in [-0.2, -0.15) is 13.2 Å². The van der Waals surface area contributed by atoms with E-state index in [4.69, 9.17) is 9.90 Å². The minimum absolute atomic E-state index is 0.185. The predicted molar refractivity (Wildman–Crippen MR) is 105 cm³/mol. The van der Waals surface area contributed by atoms with Crippen LogP contribution in [-0.4, -0.2) is 64.2 Å². The molecule has 2 fully saturated rings. The van der Waals surface area contributed by atoms with E-state index in [0.717, 1.165) is 43.4 Å². The van der Waals surface area contributed by atoms with E-state index < -0.39 is 12.1 Å². The van der Waals surface area contributed by atoms with E-state index in [2.05, 4.69) is 21.8 Å². The third-order valence-corrected chi connectivity index (χ3v) is 5.99. The Morgan fingerprint density at radius 3 is 2.17 bits per heavy atom. The van der Waals surface area contributed by atoms with Crippen molar-refractivity contribution in [2.45, 2.75) is 19.5 Å². The molecule has 7 nitrogen and oxygen atoms in total. The third kappa shape index (κ3) is 5.07. The monoisotopic (exact) mass is 442 g/mol. The van der Waals surface area contributed by atoms with Crippen molar-refractivity contribution >= 4 is 29.2 Å². The van der Waals surface area contributed by atoms with Gasteiger partial charge in [-0.15, -0.1) is 11.3 Å². The maximum Gasteiger partial charge on any atom is 0.490 e. The molecule has 0 aliphatic carbocycles. The number of likely N-dealkylation sites (tertiary alicyclic amines) is 1. The van der Waals surface area contributed by atoms with Gasteiger partial charge < -0.3 is 14.9 Å². The highest BCUT2D eigenvalue weighted by Gasteiger charge is 2.42. The number of thiophene rings is 1. The molecule has 1 N–H and O–H groups in total. The van der Waals surface area contributed by atoms with Gasteiger partial charge in [0.05, 0.1) is 4.88 Å². The van der Waals surface area contributed by atoms with E-state index in [1.54, 1.807) is 0 Å². The molecule has 162 valence electrons. The molecular weight excluding hydrogens is 421 g/mol. The topological polar surface area (TPSA) is 86.6 Å². The van der Waals surface area contributed by atoms with Crippen molar-refractivity contribution in [1.82, 2.24) is 14.9 Å². The highest BCUT2D eigenvalue weighted by atomic mass is 32.1. The summed E-state index contributed by atoms with van der Waals surface area (Å²) >= 11 is 1.53. The lowest BCUT2D eigenvalue weighted by molar-refractivity contribution is -0.192. The summed E-state index contributed by atoms with van der Waals surface area (Å²) in [6.07, 6.45) is -0.280. The van der Waals surface area contributed by atoms with E-state index in [9.17, 15) is 18.0 Å². The van der Waals surface area contributed by atoms with Gasteiger partial charge >= 0.3 is 12.1 Å². The van der Waals surface area contributed by atoms with Crippen molar-refractivity contribution < 1.29 is 27.9 Å². The minimum atomic E-state index is -5.08. The van der Waals surface area contributed by atoms with Gasteiger partial charge in [0.25, 0.3) is 5.91 Å². The number of anilines is 1. The normalized spacial score (nSPS) is 20.5. The number of halogens is 3. The molecule has 2 atom stereocenters. The molecule has 11 heteroatoms. The molecule has 0 unspecified atom stereocenters. The number of amides is 1. The van der Waals surface area contributed by atoms with Crippen molar-refractivity contribution in [3.05, 3.63) is 40.3 Å². The Bertz CT molecular complexity index is 860. The number of alkyl halides is 3. The number of aliphatic carboxylic acids is 1. The van der Waals surface area contributed by atoms with E-state index in [1.165, 1.54) is 16.9 Å². The Labute approximate surface area is 175 Å². The van der Waals surface area contributed by atoms with Crippen molar-refractivity contribution in [2.75, 3.05) is 31.1 Å².